The maximum atomic E-state index is 2.34. The van der Waals surface area contributed by atoms with Crippen LogP contribution in [0.2, 0.25) is 0 Å². The molecule has 0 N–H and O–H groups in total. The first-order valence-corrected chi connectivity index (χ1v) is 6.14. The summed E-state index contributed by atoms with van der Waals surface area (Å²) in [6.45, 7) is 4.48. The van der Waals surface area contributed by atoms with Gasteiger partial charge in [0.25, 0.3) is 0 Å². The fourth-order valence-corrected chi connectivity index (χ4v) is 2.70. The van der Waals surface area contributed by atoms with E-state index in [0.717, 1.165) is 0 Å². The summed E-state index contributed by atoms with van der Waals surface area (Å²) in [5.41, 5.74) is 7.02. The van der Waals surface area contributed by atoms with Gasteiger partial charge in [0, 0.05) is 5.92 Å². The Morgan fingerprint density at radius 3 is 2.35 bits per heavy atom. The third-order valence-electron chi connectivity index (χ3n) is 3.70. The lowest BCUT2D eigenvalue weighted by Gasteiger charge is -2.13. The van der Waals surface area contributed by atoms with E-state index in [-0.39, 0.29) is 0 Å². The molecule has 2 aromatic carbocycles. The Labute approximate surface area is 103 Å². The summed E-state index contributed by atoms with van der Waals surface area (Å²) in [5, 5.41) is 0. The predicted molar refractivity (Wildman–Crippen MR) is 73.9 cm³/mol. The molecule has 0 heteroatoms. The van der Waals surface area contributed by atoms with Crippen molar-refractivity contribution in [1.29, 1.82) is 0 Å². The van der Waals surface area contributed by atoms with Crippen molar-refractivity contribution in [2.75, 3.05) is 0 Å². The van der Waals surface area contributed by atoms with Gasteiger partial charge in [0.1, 0.15) is 0 Å². The number of fused-ring (bicyclic) bond motifs is 1. The quantitative estimate of drug-likeness (QED) is 0.656. The van der Waals surface area contributed by atoms with E-state index in [0.29, 0.717) is 5.92 Å². The van der Waals surface area contributed by atoms with E-state index in [1.54, 1.807) is 0 Å². The van der Waals surface area contributed by atoms with Gasteiger partial charge in [-0.3, -0.25) is 0 Å². The largest absolute Gasteiger partial charge is 0.0620 e. The molecule has 0 spiro atoms. The Morgan fingerprint density at radius 2 is 1.59 bits per heavy atom. The van der Waals surface area contributed by atoms with Gasteiger partial charge in [-0.05, 0) is 34.8 Å². The van der Waals surface area contributed by atoms with Gasteiger partial charge in [0.15, 0.2) is 0 Å². The second-order valence-electron chi connectivity index (χ2n) is 4.77. The first-order chi connectivity index (χ1) is 8.27. The van der Waals surface area contributed by atoms with E-state index >= 15 is 0 Å². The van der Waals surface area contributed by atoms with Crippen molar-refractivity contribution < 1.29 is 0 Å². The maximum absolute atomic E-state index is 2.34. The lowest BCUT2D eigenvalue weighted by molar-refractivity contribution is 1.01. The Balaban J connectivity index is 2.12. The van der Waals surface area contributed by atoms with Crippen LogP contribution in [0.3, 0.4) is 0 Å². The molecule has 3 rings (SSSR count). The minimum absolute atomic E-state index is 0.507. The molecule has 0 saturated heterocycles. The molecule has 2 aromatic rings. The van der Waals surface area contributed by atoms with E-state index in [1.807, 2.05) is 0 Å². The molecular formula is C17H16. The number of benzene rings is 2. The van der Waals surface area contributed by atoms with Crippen LogP contribution in [0.1, 0.15) is 35.1 Å². The molecule has 1 aliphatic rings. The van der Waals surface area contributed by atoms with Crippen molar-refractivity contribution in [2.45, 2.75) is 19.8 Å². The summed E-state index contributed by atoms with van der Waals surface area (Å²) in [4.78, 5) is 0. The number of allylic oxidation sites excluding steroid dienone is 1. The zero-order chi connectivity index (χ0) is 11.8. The van der Waals surface area contributed by atoms with Gasteiger partial charge in [-0.25, -0.2) is 0 Å². The van der Waals surface area contributed by atoms with Gasteiger partial charge in [-0.2, -0.15) is 0 Å². The summed E-state index contributed by atoms with van der Waals surface area (Å²) in [6, 6.07) is 17.3. The van der Waals surface area contributed by atoms with Gasteiger partial charge < -0.3 is 0 Å². The highest BCUT2D eigenvalue weighted by Gasteiger charge is 2.22. The summed E-state index contributed by atoms with van der Waals surface area (Å²) in [5.74, 6) is 0.507. The second kappa shape index (κ2) is 3.89. The highest BCUT2D eigenvalue weighted by molar-refractivity contribution is 5.92. The fourth-order valence-electron chi connectivity index (χ4n) is 2.70. The molecule has 0 heterocycles. The van der Waals surface area contributed by atoms with Crippen LogP contribution in [0.25, 0.3) is 11.6 Å². The average Bonchev–Trinajstić information content (AvgIpc) is 2.68. The third-order valence-corrected chi connectivity index (χ3v) is 3.70. The zero-order valence-electron chi connectivity index (χ0n) is 10.3. The van der Waals surface area contributed by atoms with Crippen molar-refractivity contribution in [3.05, 3.63) is 70.8 Å². The molecule has 84 valence electrons. The number of hydrogen-bond donors (Lipinski definition) is 0. The Kier molecular flexibility index (Phi) is 2.36. The Morgan fingerprint density at radius 1 is 0.882 bits per heavy atom. The minimum atomic E-state index is 0.507. The first kappa shape index (κ1) is 10.3. The van der Waals surface area contributed by atoms with Crippen LogP contribution >= 0.6 is 0 Å². The number of rotatable bonds is 1. The highest BCUT2D eigenvalue weighted by Crippen LogP contribution is 2.42. The van der Waals surface area contributed by atoms with E-state index < -0.39 is 0 Å². The molecule has 1 unspecified atom stereocenters. The lowest BCUT2D eigenvalue weighted by Crippen LogP contribution is -1.94. The first-order valence-electron chi connectivity index (χ1n) is 6.14. The van der Waals surface area contributed by atoms with Crippen LogP contribution in [-0.4, -0.2) is 0 Å². The lowest BCUT2D eigenvalue weighted by atomic mass is 9.91. The molecular weight excluding hydrogens is 204 g/mol. The molecule has 0 aromatic heterocycles. The van der Waals surface area contributed by atoms with Crippen molar-refractivity contribution in [2.24, 2.45) is 0 Å². The molecule has 1 aliphatic carbocycles. The second-order valence-corrected chi connectivity index (χ2v) is 4.77. The molecule has 17 heavy (non-hydrogen) atoms. The average molecular weight is 220 g/mol. The predicted octanol–water partition coefficient (Wildman–Crippen LogP) is 4.65. The van der Waals surface area contributed by atoms with Crippen LogP contribution in [-0.2, 0) is 0 Å². The third kappa shape index (κ3) is 1.61. The SMILES string of the molecule is Cc1ccccc1C1=Cc2ccccc2C1C. The smallest absolute Gasteiger partial charge is 0.00731 e. The summed E-state index contributed by atoms with van der Waals surface area (Å²) < 4.78 is 0. The van der Waals surface area contributed by atoms with E-state index in [9.17, 15) is 0 Å². The van der Waals surface area contributed by atoms with Gasteiger partial charge in [0.05, 0.1) is 0 Å². The van der Waals surface area contributed by atoms with Crippen LogP contribution in [0.15, 0.2) is 48.5 Å². The standard InChI is InChI=1S/C17H16/c1-12-7-3-5-9-15(12)17-11-14-8-4-6-10-16(14)13(17)2/h3-11,13H,1-2H3. The molecule has 0 nitrogen and oxygen atoms in total. The Hall–Kier alpha value is -1.82. The van der Waals surface area contributed by atoms with Crippen molar-refractivity contribution in [1.82, 2.24) is 0 Å². The van der Waals surface area contributed by atoms with Crippen molar-refractivity contribution >= 4 is 11.6 Å². The van der Waals surface area contributed by atoms with Crippen LogP contribution < -0.4 is 0 Å². The van der Waals surface area contributed by atoms with E-state index in [2.05, 4.69) is 68.5 Å². The van der Waals surface area contributed by atoms with Crippen molar-refractivity contribution in [3.8, 4) is 0 Å². The minimum Gasteiger partial charge on any atom is -0.0620 e. The molecule has 1 atom stereocenters. The topological polar surface area (TPSA) is 0 Å². The van der Waals surface area contributed by atoms with E-state index in [4.69, 9.17) is 0 Å². The van der Waals surface area contributed by atoms with Gasteiger partial charge in [-0.15, -0.1) is 0 Å². The summed E-state index contributed by atoms with van der Waals surface area (Å²) >= 11 is 0. The molecule has 0 bridgehead atoms. The summed E-state index contributed by atoms with van der Waals surface area (Å²) in [7, 11) is 0. The highest BCUT2D eigenvalue weighted by atomic mass is 14.3. The fraction of sp³-hybridized carbons (Fsp3) is 0.176. The van der Waals surface area contributed by atoms with Crippen molar-refractivity contribution in [3.63, 3.8) is 0 Å². The molecule has 0 fully saturated rings. The Bertz CT molecular complexity index is 590. The maximum Gasteiger partial charge on any atom is 0.00731 e. The van der Waals surface area contributed by atoms with Crippen LogP contribution in [0, 0.1) is 6.92 Å². The van der Waals surface area contributed by atoms with Gasteiger partial charge >= 0.3 is 0 Å². The van der Waals surface area contributed by atoms with Gasteiger partial charge in [0.2, 0.25) is 0 Å². The van der Waals surface area contributed by atoms with E-state index in [1.165, 1.54) is 27.8 Å². The normalized spacial score (nSPS) is 17.8. The molecule has 0 radical (unpaired) electrons. The zero-order valence-corrected chi connectivity index (χ0v) is 10.3. The van der Waals surface area contributed by atoms with Crippen LogP contribution in [0.4, 0.5) is 0 Å². The summed E-state index contributed by atoms with van der Waals surface area (Å²) in [6.07, 6.45) is 2.34. The monoisotopic (exact) mass is 220 g/mol. The molecule has 0 amide bonds. The number of hydrogen-bond acceptors (Lipinski definition) is 0. The molecule has 0 aliphatic heterocycles. The van der Waals surface area contributed by atoms with Gasteiger partial charge in [-0.1, -0.05) is 61.5 Å². The number of aryl methyl sites for hydroxylation is 1. The molecule has 0 saturated carbocycles. The van der Waals surface area contributed by atoms with Crippen LogP contribution in [0.5, 0.6) is 0 Å².